The van der Waals surface area contributed by atoms with Gasteiger partial charge in [-0.3, -0.25) is 19.8 Å². The van der Waals surface area contributed by atoms with Gasteiger partial charge in [-0.1, -0.05) is 12.1 Å². The highest BCUT2D eigenvalue weighted by Crippen LogP contribution is 2.46. The number of carbonyl (C=O) groups is 1. The molecule has 0 spiro atoms. The molecule has 0 radical (unpaired) electrons. The number of thiophene rings is 1. The van der Waals surface area contributed by atoms with Crippen molar-refractivity contribution in [2.45, 2.75) is 32.9 Å². The number of anilines is 1. The van der Waals surface area contributed by atoms with Crippen molar-refractivity contribution in [3.8, 4) is 10.6 Å². The predicted octanol–water partition coefficient (Wildman–Crippen LogP) is 5.54. The predicted molar refractivity (Wildman–Crippen MR) is 125 cm³/mol. The van der Waals surface area contributed by atoms with Gasteiger partial charge >= 0.3 is 5.88 Å². The summed E-state index contributed by atoms with van der Waals surface area (Å²) in [6.45, 7) is 6.12. The number of nitro groups is 1. The standard InChI is InChI=1S/C22H20N4O4S2/c1-12(2)25-10-9-13-17(11-25)32-22(24-20(27)15-7-8-18(30-15)26(28)29)19(13)21-23-14-5-3-4-6-16(14)31-21/h3-8,12H,9-11H2,1-2H3,(H,24,27). The lowest BCUT2D eigenvalue weighted by atomic mass is 10.0. The van der Waals surface area contributed by atoms with Crippen molar-refractivity contribution in [1.29, 1.82) is 0 Å². The van der Waals surface area contributed by atoms with Gasteiger partial charge in [0.15, 0.2) is 5.76 Å². The number of carbonyl (C=O) groups excluding carboxylic acids is 1. The number of nitrogens with zero attached hydrogens (tertiary/aromatic N) is 3. The van der Waals surface area contributed by atoms with Crippen LogP contribution >= 0.6 is 22.7 Å². The van der Waals surface area contributed by atoms with Gasteiger partial charge in [-0.25, -0.2) is 4.98 Å². The van der Waals surface area contributed by atoms with Gasteiger partial charge in [-0.15, -0.1) is 22.7 Å². The molecule has 1 aliphatic heterocycles. The Bertz CT molecular complexity index is 1300. The summed E-state index contributed by atoms with van der Waals surface area (Å²) in [4.78, 5) is 31.5. The van der Waals surface area contributed by atoms with Crippen molar-refractivity contribution < 1.29 is 14.1 Å². The minimum absolute atomic E-state index is 0.0953. The molecule has 10 heteroatoms. The summed E-state index contributed by atoms with van der Waals surface area (Å²) >= 11 is 3.14. The fourth-order valence-electron chi connectivity index (χ4n) is 3.87. The van der Waals surface area contributed by atoms with Crippen LogP contribution in [0.3, 0.4) is 0 Å². The number of hydrogen-bond acceptors (Lipinski definition) is 8. The molecule has 3 aromatic heterocycles. The number of furan rings is 1. The third kappa shape index (κ3) is 3.70. The van der Waals surface area contributed by atoms with E-state index in [1.165, 1.54) is 22.6 Å². The van der Waals surface area contributed by atoms with Gasteiger partial charge in [0, 0.05) is 29.6 Å². The summed E-state index contributed by atoms with van der Waals surface area (Å²) in [6.07, 6.45) is 0.872. The Morgan fingerprint density at radius 3 is 2.78 bits per heavy atom. The molecule has 0 saturated heterocycles. The Kier molecular flexibility index (Phi) is 5.28. The number of nitrogens with one attached hydrogen (secondary N) is 1. The summed E-state index contributed by atoms with van der Waals surface area (Å²) in [5.41, 5.74) is 3.08. The molecule has 1 N–H and O–H groups in total. The van der Waals surface area contributed by atoms with Crippen molar-refractivity contribution in [3.63, 3.8) is 0 Å². The van der Waals surface area contributed by atoms with Gasteiger partial charge in [0.1, 0.15) is 14.9 Å². The molecule has 4 heterocycles. The Labute approximate surface area is 191 Å². The number of fused-ring (bicyclic) bond motifs is 2. The first-order chi connectivity index (χ1) is 15.4. The van der Waals surface area contributed by atoms with Gasteiger partial charge in [0.05, 0.1) is 16.3 Å². The Balaban J connectivity index is 1.56. The second kappa shape index (κ2) is 8.12. The lowest BCUT2D eigenvalue weighted by Gasteiger charge is -2.30. The molecule has 0 fully saturated rings. The molecule has 0 atom stereocenters. The van der Waals surface area contributed by atoms with Crippen molar-refractivity contribution >= 4 is 49.7 Å². The second-order valence-corrected chi connectivity index (χ2v) is 9.99. The maximum absolute atomic E-state index is 12.8. The van der Waals surface area contributed by atoms with Crippen molar-refractivity contribution in [2.24, 2.45) is 0 Å². The van der Waals surface area contributed by atoms with Crippen LogP contribution in [0.25, 0.3) is 20.8 Å². The first-order valence-corrected chi connectivity index (χ1v) is 11.8. The van der Waals surface area contributed by atoms with E-state index in [2.05, 4.69) is 24.1 Å². The molecule has 5 rings (SSSR count). The molecule has 1 amide bonds. The van der Waals surface area contributed by atoms with Crippen LogP contribution in [0.1, 0.15) is 34.8 Å². The minimum atomic E-state index is -0.659. The normalized spacial score (nSPS) is 14.1. The lowest BCUT2D eigenvalue weighted by Crippen LogP contribution is -2.35. The fraction of sp³-hybridized carbons (Fsp3) is 0.273. The summed E-state index contributed by atoms with van der Waals surface area (Å²) in [5.74, 6) is -1.07. The van der Waals surface area contributed by atoms with Gasteiger partial charge < -0.3 is 9.73 Å². The Morgan fingerprint density at radius 1 is 1.25 bits per heavy atom. The van der Waals surface area contributed by atoms with E-state index in [9.17, 15) is 14.9 Å². The number of thiazole rings is 1. The van der Waals surface area contributed by atoms with Gasteiger partial charge in [-0.2, -0.15) is 0 Å². The van der Waals surface area contributed by atoms with E-state index < -0.39 is 16.7 Å². The van der Waals surface area contributed by atoms with E-state index in [0.29, 0.717) is 11.0 Å². The number of para-hydroxylation sites is 1. The highest BCUT2D eigenvalue weighted by atomic mass is 32.1. The first kappa shape index (κ1) is 20.8. The molecule has 4 aromatic rings. The molecule has 8 nitrogen and oxygen atoms in total. The average Bonchev–Trinajstić information content (AvgIpc) is 3.48. The largest absolute Gasteiger partial charge is 0.433 e. The van der Waals surface area contributed by atoms with E-state index in [1.807, 2.05) is 24.3 Å². The van der Waals surface area contributed by atoms with Gasteiger partial charge in [-0.05, 0) is 44.0 Å². The molecule has 164 valence electrons. The van der Waals surface area contributed by atoms with Crippen LogP contribution in [0.4, 0.5) is 10.9 Å². The monoisotopic (exact) mass is 468 g/mol. The number of hydrogen-bond donors (Lipinski definition) is 1. The topological polar surface area (TPSA) is 102 Å². The zero-order chi connectivity index (χ0) is 22.4. The maximum Gasteiger partial charge on any atom is 0.433 e. The third-order valence-electron chi connectivity index (χ3n) is 5.55. The molecule has 1 aliphatic rings. The highest BCUT2D eigenvalue weighted by Gasteiger charge is 2.29. The fourth-order valence-corrected chi connectivity index (χ4v) is 6.25. The molecular formula is C22H20N4O4S2. The molecule has 0 bridgehead atoms. The maximum atomic E-state index is 12.8. The van der Waals surface area contributed by atoms with E-state index in [4.69, 9.17) is 9.40 Å². The Hall–Kier alpha value is -3.08. The van der Waals surface area contributed by atoms with Gasteiger partial charge in [0.2, 0.25) is 0 Å². The SMILES string of the molecule is CC(C)N1CCc2c(sc(NC(=O)c3ccc([N+](=O)[O-])o3)c2-c2nc3ccccc3s2)C1. The average molecular weight is 469 g/mol. The van der Waals surface area contributed by atoms with Crippen molar-refractivity contribution in [2.75, 3.05) is 11.9 Å². The second-order valence-electron chi connectivity index (χ2n) is 7.86. The zero-order valence-electron chi connectivity index (χ0n) is 17.5. The quantitative estimate of drug-likeness (QED) is 0.305. The third-order valence-corrected chi connectivity index (χ3v) is 7.73. The van der Waals surface area contributed by atoms with Crippen molar-refractivity contribution in [3.05, 3.63) is 62.7 Å². The van der Waals surface area contributed by atoms with E-state index in [1.54, 1.807) is 22.7 Å². The van der Waals surface area contributed by atoms with Crippen LogP contribution in [0.5, 0.6) is 0 Å². The van der Waals surface area contributed by atoms with Crippen LogP contribution in [-0.2, 0) is 13.0 Å². The summed E-state index contributed by atoms with van der Waals surface area (Å²) in [7, 11) is 0. The number of aromatic nitrogens is 1. The summed E-state index contributed by atoms with van der Waals surface area (Å²) in [5, 5.41) is 15.4. The number of rotatable bonds is 5. The molecule has 1 aromatic carbocycles. The molecular weight excluding hydrogens is 448 g/mol. The Morgan fingerprint density at radius 2 is 2.06 bits per heavy atom. The molecule has 32 heavy (non-hydrogen) atoms. The van der Waals surface area contributed by atoms with Crippen LogP contribution in [0, 0.1) is 10.1 Å². The number of benzene rings is 1. The molecule has 0 saturated carbocycles. The van der Waals surface area contributed by atoms with Crippen LogP contribution < -0.4 is 5.32 Å². The minimum Gasteiger partial charge on any atom is -0.395 e. The smallest absolute Gasteiger partial charge is 0.395 e. The zero-order valence-corrected chi connectivity index (χ0v) is 19.1. The van der Waals surface area contributed by atoms with Crippen LogP contribution in [0.2, 0.25) is 0 Å². The molecule has 0 aliphatic carbocycles. The van der Waals surface area contributed by atoms with Crippen LogP contribution in [0.15, 0.2) is 40.8 Å². The van der Waals surface area contributed by atoms with E-state index in [0.717, 1.165) is 40.3 Å². The van der Waals surface area contributed by atoms with E-state index in [-0.39, 0.29) is 5.76 Å². The summed E-state index contributed by atoms with van der Waals surface area (Å²) < 4.78 is 6.18. The summed E-state index contributed by atoms with van der Waals surface area (Å²) in [6, 6.07) is 10.9. The molecule has 0 unspecified atom stereocenters. The van der Waals surface area contributed by atoms with Crippen molar-refractivity contribution in [1.82, 2.24) is 9.88 Å². The number of amides is 1. The highest BCUT2D eigenvalue weighted by molar-refractivity contribution is 7.22. The lowest BCUT2D eigenvalue weighted by molar-refractivity contribution is -0.402. The van der Waals surface area contributed by atoms with Gasteiger partial charge in [0.25, 0.3) is 5.91 Å². The first-order valence-electron chi connectivity index (χ1n) is 10.2. The van der Waals surface area contributed by atoms with Crippen LogP contribution in [-0.4, -0.2) is 33.3 Å². The van der Waals surface area contributed by atoms with E-state index >= 15 is 0 Å².